The van der Waals surface area contributed by atoms with Gasteiger partial charge in [-0.15, -0.1) is 11.8 Å². The lowest BCUT2D eigenvalue weighted by Gasteiger charge is -2.38. The molecule has 0 aromatic heterocycles. The Morgan fingerprint density at radius 1 is 1.20 bits per heavy atom. The van der Waals surface area contributed by atoms with Crippen molar-refractivity contribution in [2.75, 3.05) is 38.3 Å². The molecule has 5 rings (SSSR count). The lowest BCUT2D eigenvalue weighted by atomic mass is 9.73. The smallest absolute Gasteiger partial charge is 0.246 e. The van der Waals surface area contributed by atoms with Gasteiger partial charge in [0.25, 0.3) is 0 Å². The molecule has 1 spiro atoms. The number of fused-ring (bicyclic) bond motifs is 1. The van der Waals surface area contributed by atoms with Crippen molar-refractivity contribution in [3.63, 3.8) is 0 Å². The van der Waals surface area contributed by atoms with E-state index in [2.05, 4.69) is 43.4 Å². The lowest BCUT2D eigenvalue weighted by Crippen LogP contribution is -2.58. The minimum Gasteiger partial charge on any atom is -0.359 e. The standard InChI is InChI=1S/C32H46N4O4S/c1-6-7-16-35(4)17-18-36-28(30(38)34-24-13-8-10-20(2)21(24)3)32-15-14-25(40-32)26(27(32)31(36)39)29(37)33-22-11-9-12-23(19-22)41-5/h9,11-12,14-15,19-21,24-28H,6-8,10,13,16-18H2,1-5H3,(H,33,37)(H,34,38). The highest BCUT2D eigenvalue weighted by Crippen LogP contribution is 2.55. The molecule has 4 aliphatic rings. The van der Waals surface area contributed by atoms with E-state index in [4.69, 9.17) is 4.74 Å². The van der Waals surface area contributed by atoms with Gasteiger partial charge in [-0.2, -0.15) is 0 Å². The Hall–Kier alpha value is -2.36. The number of nitrogens with one attached hydrogen (secondary N) is 2. The van der Waals surface area contributed by atoms with Gasteiger partial charge < -0.3 is 25.2 Å². The Morgan fingerprint density at radius 2 is 2.00 bits per heavy atom. The molecule has 8 nitrogen and oxygen atoms in total. The molecular weight excluding hydrogens is 536 g/mol. The molecule has 0 radical (unpaired) electrons. The number of likely N-dealkylation sites (N-methyl/N-ethyl adjacent to an activating group) is 1. The molecule has 3 aliphatic heterocycles. The summed E-state index contributed by atoms with van der Waals surface area (Å²) < 4.78 is 6.53. The third kappa shape index (κ3) is 5.69. The quantitative estimate of drug-likeness (QED) is 0.301. The van der Waals surface area contributed by atoms with Crippen molar-refractivity contribution in [2.45, 2.75) is 81.6 Å². The molecule has 2 saturated heterocycles. The summed E-state index contributed by atoms with van der Waals surface area (Å²) in [4.78, 5) is 47.1. The van der Waals surface area contributed by atoms with Gasteiger partial charge in [0.1, 0.15) is 11.6 Å². The number of unbranched alkanes of at least 4 members (excludes halogenated alkanes) is 1. The lowest BCUT2D eigenvalue weighted by molar-refractivity contribution is -0.141. The summed E-state index contributed by atoms with van der Waals surface area (Å²) in [5.74, 6) is -1.11. The van der Waals surface area contributed by atoms with Gasteiger partial charge >= 0.3 is 0 Å². The van der Waals surface area contributed by atoms with Gasteiger partial charge in [0.2, 0.25) is 17.7 Å². The first-order valence-electron chi connectivity index (χ1n) is 15.3. The van der Waals surface area contributed by atoms with Gasteiger partial charge in [0, 0.05) is 29.7 Å². The maximum atomic E-state index is 14.2. The van der Waals surface area contributed by atoms with E-state index in [9.17, 15) is 14.4 Å². The number of ether oxygens (including phenoxy) is 1. The molecule has 3 fully saturated rings. The third-order valence-electron chi connectivity index (χ3n) is 9.91. The van der Waals surface area contributed by atoms with Crippen molar-refractivity contribution in [1.82, 2.24) is 15.1 Å². The molecule has 3 heterocycles. The molecule has 41 heavy (non-hydrogen) atoms. The Labute approximate surface area is 249 Å². The third-order valence-corrected chi connectivity index (χ3v) is 10.6. The van der Waals surface area contributed by atoms with Crippen LogP contribution in [0.15, 0.2) is 41.3 Å². The number of amides is 3. The van der Waals surface area contributed by atoms with Crippen molar-refractivity contribution in [3.8, 4) is 0 Å². The summed E-state index contributed by atoms with van der Waals surface area (Å²) in [6.07, 6.45) is 10.6. The molecule has 9 heteroatoms. The van der Waals surface area contributed by atoms with Crippen LogP contribution in [-0.2, 0) is 19.1 Å². The summed E-state index contributed by atoms with van der Waals surface area (Å²) in [5.41, 5.74) is -0.447. The van der Waals surface area contributed by atoms with E-state index in [1.165, 1.54) is 6.42 Å². The fourth-order valence-electron chi connectivity index (χ4n) is 7.30. The first-order valence-corrected chi connectivity index (χ1v) is 16.5. The summed E-state index contributed by atoms with van der Waals surface area (Å²) in [5, 5.41) is 6.37. The van der Waals surface area contributed by atoms with Gasteiger partial charge in [0.05, 0.1) is 17.9 Å². The number of rotatable bonds is 11. The monoisotopic (exact) mass is 582 g/mol. The van der Waals surface area contributed by atoms with E-state index < -0.39 is 29.6 Å². The number of anilines is 1. The van der Waals surface area contributed by atoms with Crippen LogP contribution in [0.1, 0.15) is 52.9 Å². The van der Waals surface area contributed by atoms with Crippen LogP contribution in [0.5, 0.6) is 0 Å². The van der Waals surface area contributed by atoms with Crippen molar-refractivity contribution < 1.29 is 19.1 Å². The van der Waals surface area contributed by atoms with Crippen molar-refractivity contribution in [1.29, 1.82) is 0 Å². The first-order chi connectivity index (χ1) is 19.7. The fourth-order valence-corrected chi connectivity index (χ4v) is 7.76. The summed E-state index contributed by atoms with van der Waals surface area (Å²) in [6, 6.07) is 6.95. The predicted molar refractivity (Wildman–Crippen MR) is 163 cm³/mol. The number of hydrogen-bond donors (Lipinski definition) is 2. The van der Waals surface area contributed by atoms with Crippen molar-refractivity contribution in [3.05, 3.63) is 36.4 Å². The highest BCUT2D eigenvalue weighted by molar-refractivity contribution is 7.98. The molecule has 2 N–H and O–H groups in total. The van der Waals surface area contributed by atoms with E-state index in [1.54, 1.807) is 16.7 Å². The second-order valence-corrected chi connectivity index (χ2v) is 13.4. The number of carbonyl (C=O) groups is 3. The van der Waals surface area contributed by atoms with E-state index in [0.717, 1.165) is 37.1 Å². The maximum Gasteiger partial charge on any atom is 0.246 e. The van der Waals surface area contributed by atoms with E-state index >= 15 is 0 Å². The van der Waals surface area contributed by atoms with E-state index in [-0.39, 0.29) is 23.8 Å². The molecule has 1 aromatic carbocycles. The zero-order chi connectivity index (χ0) is 29.3. The second kappa shape index (κ2) is 12.5. The number of nitrogens with zero attached hydrogens (tertiary/aromatic N) is 2. The summed E-state index contributed by atoms with van der Waals surface area (Å²) in [7, 11) is 2.05. The number of thioether (sulfide) groups is 1. The van der Waals surface area contributed by atoms with Gasteiger partial charge in [0.15, 0.2) is 0 Å². The fraction of sp³-hybridized carbons (Fsp3) is 0.656. The van der Waals surface area contributed by atoms with Gasteiger partial charge in [-0.1, -0.05) is 58.3 Å². The van der Waals surface area contributed by atoms with Gasteiger partial charge in [-0.05, 0) is 62.7 Å². The largest absolute Gasteiger partial charge is 0.359 e. The highest BCUT2D eigenvalue weighted by Gasteiger charge is 2.72. The summed E-state index contributed by atoms with van der Waals surface area (Å²) >= 11 is 1.60. The van der Waals surface area contributed by atoms with E-state index in [0.29, 0.717) is 30.6 Å². The molecule has 2 bridgehead atoms. The van der Waals surface area contributed by atoms with Gasteiger partial charge in [-0.25, -0.2) is 0 Å². The Balaban J connectivity index is 1.41. The average Bonchev–Trinajstić information content (AvgIpc) is 3.60. The Kier molecular flexibility index (Phi) is 9.16. The molecule has 1 saturated carbocycles. The zero-order valence-corrected chi connectivity index (χ0v) is 25.9. The molecule has 3 amide bonds. The number of benzene rings is 1. The second-order valence-electron chi connectivity index (χ2n) is 12.5. The maximum absolute atomic E-state index is 14.2. The van der Waals surface area contributed by atoms with Crippen LogP contribution in [-0.4, -0.2) is 84.2 Å². The normalized spacial score (nSPS) is 33.9. The van der Waals surface area contributed by atoms with Crippen LogP contribution in [0, 0.1) is 23.7 Å². The summed E-state index contributed by atoms with van der Waals surface area (Å²) in [6.45, 7) is 8.62. The molecule has 8 atom stereocenters. The van der Waals surface area contributed by atoms with Crippen LogP contribution >= 0.6 is 11.8 Å². The average molecular weight is 583 g/mol. The molecule has 1 aliphatic carbocycles. The zero-order valence-electron chi connectivity index (χ0n) is 25.1. The minimum absolute atomic E-state index is 0.0660. The number of likely N-dealkylation sites (tertiary alicyclic amines) is 1. The Morgan fingerprint density at radius 3 is 2.76 bits per heavy atom. The molecule has 8 unspecified atom stereocenters. The minimum atomic E-state index is -1.14. The van der Waals surface area contributed by atoms with Crippen LogP contribution in [0.4, 0.5) is 5.69 Å². The van der Waals surface area contributed by atoms with Crippen molar-refractivity contribution in [2.24, 2.45) is 23.7 Å². The number of carbonyl (C=O) groups excluding carboxylic acids is 3. The van der Waals surface area contributed by atoms with Crippen LogP contribution in [0.3, 0.4) is 0 Å². The number of hydrogen-bond acceptors (Lipinski definition) is 6. The highest BCUT2D eigenvalue weighted by atomic mass is 32.2. The van der Waals surface area contributed by atoms with E-state index in [1.807, 2.05) is 42.7 Å². The van der Waals surface area contributed by atoms with Crippen molar-refractivity contribution >= 4 is 35.2 Å². The molecule has 224 valence electrons. The topological polar surface area (TPSA) is 91.0 Å². The SMILES string of the molecule is CCCCN(C)CCN1C(=O)C2C(C(=O)Nc3cccc(SC)c3)C3C=CC2(O3)C1C(=O)NC1CCCC(C)C1C. The van der Waals surface area contributed by atoms with Crippen LogP contribution < -0.4 is 10.6 Å². The first kappa shape index (κ1) is 30.1. The molecule has 1 aromatic rings. The predicted octanol–water partition coefficient (Wildman–Crippen LogP) is 4.17. The van der Waals surface area contributed by atoms with Crippen LogP contribution in [0.25, 0.3) is 0 Å². The van der Waals surface area contributed by atoms with Crippen LogP contribution in [0.2, 0.25) is 0 Å². The Bertz CT molecular complexity index is 1180. The van der Waals surface area contributed by atoms with Gasteiger partial charge in [-0.3, -0.25) is 14.4 Å². The molecular formula is C32H46N4O4S.